The summed E-state index contributed by atoms with van der Waals surface area (Å²) in [5.74, 6) is 0.319. The van der Waals surface area contributed by atoms with Crippen LogP contribution < -0.4 is 14.4 Å². The van der Waals surface area contributed by atoms with Crippen molar-refractivity contribution >= 4 is 34.4 Å². The molecule has 6 rings (SSSR count). The number of ether oxygens (including phenoxy) is 2. The molecule has 1 aliphatic carbocycles. The minimum Gasteiger partial charge on any atom is -0.481 e. The number of carbonyl (C=O) groups excluding carboxylic acids is 3. The molecule has 35 heavy (non-hydrogen) atoms. The maximum absolute atomic E-state index is 13.2. The van der Waals surface area contributed by atoms with E-state index in [4.69, 9.17) is 9.47 Å². The lowest BCUT2D eigenvalue weighted by Gasteiger charge is -2.39. The SMILES string of the molecule is COc1ccc2ncc3c(c2n1)OC([C@H]1CC[C@H](N2C(=O)c4ccccc4C2=O)CC1)C(=O)N3C. The van der Waals surface area contributed by atoms with Crippen LogP contribution in [0.3, 0.4) is 0 Å². The number of fused-ring (bicyclic) bond motifs is 4. The van der Waals surface area contributed by atoms with Crippen molar-refractivity contribution in [2.75, 3.05) is 19.1 Å². The molecule has 0 spiro atoms. The van der Waals surface area contributed by atoms with Crippen molar-refractivity contribution in [1.82, 2.24) is 14.9 Å². The number of anilines is 1. The third-order valence-corrected chi connectivity index (χ3v) is 7.37. The van der Waals surface area contributed by atoms with E-state index in [1.807, 2.05) is 6.07 Å². The Hall–Kier alpha value is -4.01. The van der Waals surface area contributed by atoms with Crippen LogP contribution in [0.1, 0.15) is 46.4 Å². The number of nitrogens with zero attached hydrogens (tertiary/aromatic N) is 4. The van der Waals surface area contributed by atoms with Crippen molar-refractivity contribution in [2.24, 2.45) is 5.92 Å². The smallest absolute Gasteiger partial charge is 0.268 e. The normalized spacial score (nSPS) is 23.8. The fourth-order valence-electron chi connectivity index (χ4n) is 5.47. The lowest BCUT2D eigenvalue weighted by molar-refractivity contribution is -0.129. The number of rotatable bonds is 3. The highest BCUT2D eigenvalue weighted by atomic mass is 16.5. The molecular weight excluding hydrogens is 448 g/mol. The number of aromatic nitrogens is 2. The fourth-order valence-corrected chi connectivity index (χ4v) is 5.47. The van der Waals surface area contributed by atoms with Gasteiger partial charge >= 0.3 is 0 Å². The predicted molar refractivity (Wildman–Crippen MR) is 127 cm³/mol. The first-order chi connectivity index (χ1) is 17.0. The Morgan fingerprint density at radius 3 is 2.31 bits per heavy atom. The molecule has 0 N–H and O–H groups in total. The van der Waals surface area contributed by atoms with Gasteiger partial charge in [-0.25, -0.2) is 4.98 Å². The molecular formula is C26H24N4O5. The molecule has 1 fully saturated rings. The zero-order chi connectivity index (χ0) is 24.3. The zero-order valence-electron chi connectivity index (χ0n) is 19.4. The molecule has 178 valence electrons. The molecule has 9 heteroatoms. The molecule has 3 aromatic rings. The minimum atomic E-state index is -0.672. The number of likely N-dealkylation sites (N-methyl/N-ethyl adjacent to an activating group) is 1. The van der Waals surface area contributed by atoms with Crippen LogP contribution in [0.4, 0.5) is 5.69 Å². The number of amides is 3. The van der Waals surface area contributed by atoms with E-state index in [-0.39, 0.29) is 29.7 Å². The van der Waals surface area contributed by atoms with Crippen LogP contribution in [-0.2, 0) is 4.79 Å². The molecule has 1 saturated carbocycles. The van der Waals surface area contributed by atoms with Gasteiger partial charge in [0.15, 0.2) is 11.9 Å². The number of benzene rings is 1. The quantitative estimate of drug-likeness (QED) is 0.540. The van der Waals surface area contributed by atoms with Gasteiger partial charge in [0.25, 0.3) is 17.7 Å². The van der Waals surface area contributed by atoms with E-state index in [0.29, 0.717) is 65.2 Å². The predicted octanol–water partition coefficient (Wildman–Crippen LogP) is 3.22. The van der Waals surface area contributed by atoms with Gasteiger partial charge in [0.05, 0.1) is 30.0 Å². The molecule has 4 heterocycles. The van der Waals surface area contributed by atoms with Gasteiger partial charge in [0, 0.05) is 25.1 Å². The van der Waals surface area contributed by atoms with Crippen molar-refractivity contribution in [3.63, 3.8) is 0 Å². The van der Waals surface area contributed by atoms with Gasteiger partial charge < -0.3 is 14.4 Å². The Kier molecular flexibility index (Phi) is 4.94. The van der Waals surface area contributed by atoms with Crippen molar-refractivity contribution in [2.45, 2.75) is 37.8 Å². The molecule has 0 bridgehead atoms. The highest BCUT2D eigenvalue weighted by molar-refractivity contribution is 6.21. The van der Waals surface area contributed by atoms with Gasteiger partial charge in [0.2, 0.25) is 5.88 Å². The Bertz CT molecular complexity index is 1350. The second kappa shape index (κ2) is 8.04. The van der Waals surface area contributed by atoms with Crippen molar-refractivity contribution in [3.8, 4) is 11.6 Å². The third kappa shape index (κ3) is 3.25. The van der Waals surface area contributed by atoms with Crippen molar-refractivity contribution in [1.29, 1.82) is 0 Å². The molecule has 2 aliphatic heterocycles. The topological polar surface area (TPSA) is 102 Å². The Balaban J connectivity index is 1.23. The van der Waals surface area contributed by atoms with E-state index in [2.05, 4.69) is 9.97 Å². The van der Waals surface area contributed by atoms with Crippen LogP contribution in [0.15, 0.2) is 42.6 Å². The van der Waals surface area contributed by atoms with Gasteiger partial charge in [0.1, 0.15) is 11.2 Å². The molecule has 0 saturated heterocycles. The second-order valence-electron chi connectivity index (χ2n) is 9.22. The van der Waals surface area contributed by atoms with Gasteiger partial charge in [-0.15, -0.1) is 0 Å². The van der Waals surface area contributed by atoms with Crippen molar-refractivity contribution in [3.05, 3.63) is 53.7 Å². The van der Waals surface area contributed by atoms with Crippen LogP contribution in [0.5, 0.6) is 11.6 Å². The lowest BCUT2D eigenvalue weighted by Crippen LogP contribution is -2.50. The minimum absolute atomic E-state index is 0.0432. The number of pyridine rings is 2. The molecule has 1 unspecified atom stereocenters. The summed E-state index contributed by atoms with van der Waals surface area (Å²) in [6.07, 6.45) is 3.54. The van der Waals surface area contributed by atoms with E-state index >= 15 is 0 Å². The van der Waals surface area contributed by atoms with Crippen LogP contribution in [0.2, 0.25) is 0 Å². The fraction of sp³-hybridized carbons (Fsp3) is 0.346. The lowest BCUT2D eigenvalue weighted by atomic mass is 9.81. The number of methoxy groups -OCH3 is 1. The maximum Gasteiger partial charge on any atom is 0.268 e. The van der Waals surface area contributed by atoms with Gasteiger partial charge in [-0.3, -0.25) is 24.3 Å². The third-order valence-electron chi connectivity index (χ3n) is 7.37. The largest absolute Gasteiger partial charge is 0.481 e. The average molecular weight is 473 g/mol. The average Bonchev–Trinajstić information content (AvgIpc) is 3.15. The van der Waals surface area contributed by atoms with E-state index in [1.54, 1.807) is 55.6 Å². The summed E-state index contributed by atoms with van der Waals surface area (Å²) in [6.45, 7) is 0. The Labute approximate surface area is 201 Å². The first-order valence-corrected chi connectivity index (χ1v) is 11.7. The van der Waals surface area contributed by atoms with E-state index in [9.17, 15) is 14.4 Å². The highest BCUT2D eigenvalue weighted by Gasteiger charge is 2.45. The van der Waals surface area contributed by atoms with E-state index < -0.39 is 6.10 Å². The molecule has 0 radical (unpaired) electrons. The summed E-state index contributed by atoms with van der Waals surface area (Å²) >= 11 is 0. The zero-order valence-corrected chi connectivity index (χ0v) is 19.4. The molecule has 3 amide bonds. The van der Waals surface area contributed by atoms with Gasteiger partial charge in [-0.2, -0.15) is 0 Å². The van der Waals surface area contributed by atoms with E-state index in [1.165, 1.54) is 4.90 Å². The first kappa shape index (κ1) is 21.5. The number of hydrogen-bond donors (Lipinski definition) is 0. The van der Waals surface area contributed by atoms with Gasteiger partial charge in [-0.05, 0) is 43.9 Å². The standard InChI is InChI=1S/C26H24N4O5/c1-29-19-13-27-18-11-12-20(34-2)28-21(18)23(19)35-22(26(29)33)14-7-9-15(10-8-14)30-24(31)16-5-3-4-6-17(16)25(30)32/h3-6,11-15,22H,7-10H2,1-2H3/t14-,15-,22?. The van der Waals surface area contributed by atoms with E-state index in [0.717, 1.165) is 0 Å². The summed E-state index contributed by atoms with van der Waals surface area (Å²) < 4.78 is 11.6. The summed E-state index contributed by atoms with van der Waals surface area (Å²) in [5, 5.41) is 0. The number of imide groups is 1. The number of hydrogen-bond acceptors (Lipinski definition) is 7. The van der Waals surface area contributed by atoms with Crippen molar-refractivity contribution < 1.29 is 23.9 Å². The number of carbonyl (C=O) groups is 3. The summed E-state index contributed by atoms with van der Waals surface area (Å²) in [4.78, 5) is 51.0. The second-order valence-corrected chi connectivity index (χ2v) is 9.22. The van der Waals surface area contributed by atoms with Crippen LogP contribution in [0, 0.1) is 5.92 Å². The molecule has 2 aromatic heterocycles. The maximum atomic E-state index is 13.2. The molecule has 9 nitrogen and oxygen atoms in total. The Morgan fingerprint density at radius 1 is 0.971 bits per heavy atom. The Morgan fingerprint density at radius 2 is 1.66 bits per heavy atom. The van der Waals surface area contributed by atoms with Crippen LogP contribution >= 0.6 is 0 Å². The molecule has 3 aliphatic rings. The summed E-state index contributed by atoms with van der Waals surface area (Å²) in [5.41, 5.74) is 2.70. The highest BCUT2D eigenvalue weighted by Crippen LogP contribution is 2.42. The molecule has 1 atom stereocenters. The molecule has 1 aromatic carbocycles. The van der Waals surface area contributed by atoms with Gasteiger partial charge in [-0.1, -0.05) is 12.1 Å². The van der Waals surface area contributed by atoms with Crippen LogP contribution in [-0.4, -0.2) is 58.9 Å². The summed E-state index contributed by atoms with van der Waals surface area (Å²) in [7, 11) is 3.26. The van der Waals surface area contributed by atoms with Crippen LogP contribution in [0.25, 0.3) is 11.0 Å². The first-order valence-electron chi connectivity index (χ1n) is 11.7. The monoisotopic (exact) mass is 472 g/mol. The summed E-state index contributed by atoms with van der Waals surface area (Å²) in [6, 6.07) is 10.3.